The van der Waals surface area contributed by atoms with E-state index in [-0.39, 0.29) is 11.7 Å². The van der Waals surface area contributed by atoms with E-state index in [9.17, 15) is 9.18 Å². The smallest absolute Gasteiger partial charge is 0.265 e. The van der Waals surface area contributed by atoms with Crippen molar-refractivity contribution in [1.82, 2.24) is 9.78 Å². The van der Waals surface area contributed by atoms with E-state index in [0.29, 0.717) is 10.2 Å². The summed E-state index contributed by atoms with van der Waals surface area (Å²) in [7, 11) is 1.80. The number of hydrogen-bond donors (Lipinski definition) is 1. The number of carbonyl (C=O) groups is 1. The van der Waals surface area contributed by atoms with Gasteiger partial charge in [-0.15, -0.1) is 0 Å². The second-order valence-electron chi connectivity index (χ2n) is 4.99. The van der Waals surface area contributed by atoms with E-state index in [1.54, 1.807) is 24.7 Å². The molecule has 0 aliphatic heterocycles. The molecule has 0 fully saturated rings. The minimum atomic E-state index is -0.838. The van der Waals surface area contributed by atoms with Crippen LogP contribution < -0.4 is 10.1 Å². The van der Waals surface area contributed by atoms with Gasteiger partial charge in [0.1, 0.15) is 0 Å². The van der Waals surface area contributed by atoms with Crippen LogP contribution in [0.1, 0.15) is 18.3 Å². The summed E-state index contributed by atoms with van der Waals surface area (Å²) in [5.41, 5.74) is 2.21. The fourth-order valence-corrected chi connectivity index (χ4v) is 2.33. The van der Waals surface area contributed by atoms with Gasteiger partial charge in [0.05, 0.1) is 17.1 Å². The number of amides is 1. The van der Waals surface area contributed by atoms with E-state index in [1.807, 2.05) is 13.8 Å². The molecule has 0 saturated carbocycles. The zero-order valence-corrected chi connectivity index (χ0v) is 14.4. The number of anilines is 1. The molecule has 0 spiro atoms. The first-order valence-corrected chi connectivity index (χ1v) is 7.51. The van der Waals surface area contributed by atoms with E-state index >= 15 is 0 Å². The molecule has 5 nitrogen and oxygen atoms in total. The SMILES string of the molecule is Cc1nn(C)c(C)c1NC(=O)[C@@H](C)Oc1ccc(Br)cc1F. The van der Waals surface area contributed by atoms with Gasteiger partial charge in [0.2, 0.25) is 0 Å². The van der Waals surface area contributed by atoms with E-state index in [0.717, 1.165) is 11.4 Å². The van der Waals surface area contributed by atoms with Crippen molar-refractivity contribution in [2.45, 2.75) is 26.9 Å². The second-order valence-corrected chi connectivity index (χ2v) is 5.91. The molecule has 1 amide bonds. The number of rotatable bonds is 4. The standard InChI is InChI=1S/C15H17BrFN3O2/c1-8-14(9(2)20(4)19-8)18-15(21)10(3)22-13-6-5-11(16)7-12(13)17/h5-7,10H,1-4H3,(H,18,21)/t10-/m1/s1. The average molecular weight is 370 g/mol. The summed E-state index contributed by atoms with van der Waals surface area (Å²) in [6.07, 6.45) is -0.838. The number of nitrogens with one attached hydrogen (secondary N) is 1. The number of aryl methyl sites for hydroxylation is 2. The van der Waals surface area contributed by atoms with Gasteiger partial charge < -0.3 is 10.1 Å². The lowest BCUT2D eigenvalue weighted by atomic mass is 10.2. The van der Waals surface area contributed by atoms with Crippen molar-refractivity contribution < 1.29 is 13.9 Å². The maximum absolute atomic E-state index is 13.7. The van der Waals surface area contributed by atoms with Crippen molar-refractivity contribution >= 4 is 27.5 Å². The molecule has 2 aromatic rings. The van der Waals surface area contributed by atoms with Crippen LogP contribution in [0, 0.1) is 19.7 Å². The zero-order chi connectivity index (χ0) is 16.4. The Morgan fingerprint density at radius 2 is 2.14 bits per heavy atom. The van der Waals surface area contributed by atoms with E-state index in [2.05, 4.69) is 26.3 Å². The Bertz CT molecular complexity index is 715. The highest BCUT2D eigenvalue weighted by Gasteiger charge is 2.20. The van der Waals surface area contributed by atoms with Gasteiger partial charge in [-0.3, -0.25) is 9.48 Å². The van der Waals surface area contributed by atoms with Crippen LogP contribution in [0.3, 0.4) is 0 Å². The molecule has 0 unspecified atom stereocenters. The molecule has 1 heterocycles. The van der Waals surface area contributed by atoms with Gasteiger partial charge in [-0.2, -0.15) is 5.10 Å². The van der Waals surface area contributed by atoms with Crippen LogP contribution in [-0.4, -0.2) is 21.8 Å². The highest BCUT2D eigenvalue weighted by atomic mass is 79.9. The first kappa shape index (κ1) is 16.5. The monoisotopic (exact) mass is 369 g/mol. The third-order valence-corrected chi connectivity index (χ3v) is 3.82. The lowest BCUT2D eigenvalue weighted by molar-refractivity contribution is -0.122. The molecule has 0 radical (unpaired) electrons. The topological polar surface area (TPSA) is 56.2 Å². The highest BCUT2D eigenvalue weighted by molar-refractivity contribution is 9.10. The third-order valence-electron chi connectivity index (χ3n) is 3.32. The first-order chi connectivity index (χ1) is 10.3. The van der Waals surface area contributed by atoms with Gasteiger partial charge in [-0.05, 0) is 39.0 Å². The maximum atomic E-state index is 13.7. The van der Waals surface area contributed by atoms with Crippen molar-refractivity contribution in [1.29, 1.82) is 0 Å². The van der Waals surface area contributed by atoms with Crippen molar-refractivity contribution in [3.8, 4) is 5.75 Å². The summed E-state index contributed by atoms with van der Waals surface area (Å²) in [5.74, 6) is -0.852. The Kier molecular flexibility index (Phi) is 4.85. The fraction of sp³-hybridized carbons (Fsp3) is 0.333. The summed E-state index contributed by atoms with van der Waals surface area (Å²) in [6.45, 7) is 5.23. The van der Waals surface area contributed by atoms with Gasteiger partial charge in [0.25, 0.3) is 5.91 Å². The molecular weight excluding hydrogens is 353 g/mol. The minimum absolute atomic E-state index is 0.0329. The van der Waals surface area contributed by atoms with Crippen LogP contribution in [-0.2, 0) is 11.8 Å². The fourth-order valence-electron chi connectivity index (χ4n) is 1.99. The molecule has 2 rings (SSSR count). The summed E-state index contributed by atoms with van der Waals surface area (Å²) >= 11 is 3.17. The van der Waals surface area contributed by atoms with Crippen molar-refractivity contribution in [2.24, 2.45) is 7.05 Å². The molecule has 7 heteroatoms. The Hall–Kier alpha value is -1.89. The Morgan fingerprint density at radius 3 is 2.68 bits per heavy atom. The van der Waals surface area contributed by atoms with Gasteiger partial charge in [0, 0.05) is 11.5 Å². The van der Waals surface area contributed by atoms with Crippen molar-refractivity contribution in [3.05, 3.63) is 39.9 Å². The molecule has 1 N–H and O–H groups in total. The summed E-state index contributed by atoms with van der Waals surface area (Å²) < 4.78 is 21.4. The third kappa shape index (κ3) is 3.47. The molecule has 0 aliphatic rings. The molecule has 0 bridgehead atoms. The number of ether oxygens (including phenoxy) is 1. The largest absolute Gasteiger partial charge is 0.478 e. The van der Waals surface area contributed by atoms with Crippen LogP contribution in [0.4, 0.5) is 10.1 Å². The molecular formula is C15H17BrFN3O2. The number of carbonyl (C=O) groups excluding carboxylic acids is 1. The Morgan fingerprint density at radius 1 is 1.45 bits per heavy atom. The molecule has 1 atom stereocenters. The predicted octanol–water partition coefficient (Wildman–Crippen LogP) is 3.34. The van der Waals surface area contributed by atoms with Gasteiger partial charge in [-0.1, -0.05) is 15.9 Å². The average Bonchev–Trinajstić information content (AvgIpc) is 2.68. The molecule has 118 valence electrons. The van der Waals surface area contributed by atoms with E-state index in [1.165, 1.54) is 12.1 Å². The first-order valence-electron chi connectivity index (χ1n) is 6.72. The molecule has 0 aliphatic carbocycles. The van der Waals surface area contributed by atoms with Gasteiger partial charge in [0.15, 0.2) is 17.7 Å². The van der Waals surface area contributed by atoms with Crippen molar-refractivity contribution in [2.75, 3.05) is 5.32 Å². The molecule has 22 heavy (non-hydrogen) atoms. The molecule has 0 saturated heterocycles. The normalized spacial score (nSPS) is 12.1. The Balaban J connectivity index is 2.09. The van der Waals surface area contributed by atoms with E-state index < -0.39 is 11.9 Å². The predicted molar refractivity (Wildman–Crippen MR) is 85.5 cm³/mol. The van der Waals surface area contributed by atoms with Gasteiger partial charge in [-0.25, -0.2) is 4.39 Å². The van der Waals surface area contributed by atoms with Crippen LogP contribution in [0.2, 0.25) is 0 Å². The minimum Gasteiger partial charge on any atom is -0.478 e. The lowest BCUT2D eigenvalue weighted by Gasteiger charge is -2.15. The van der Waals surface area contributed by atoms with Crippen LogP contribution >= 0.6 is 15.9 Å². The number of aromatic nitrogens is 2. The lowest BCUT2D eigenvalue weighted by Crippen LogP contribution is -2.30. The zero-order valence-electron chi connectivity index (χ0n) is 12.8. The number of benzene rings is 1. The number of halogens is 2. The highest BCUT2D eigenvalue weighted by Crippen LogP contribution is 2.23. The second kappa shape index (κ2) is 6.48. The van der Waals surface area contributed by atoms with Gasteiger partial charge >= 0.3 is 0 Å². The maximum Gasteiger partial charge on any atom is 0.265 e. The quantitative estimate of drug-likeness (QED) is 0.898. The summed E-state index contributed by atoms with van der Waals surface area (Å²) in [4.78, 5) is 12.2. The summed E-state index contributed by atoms with van der Waals surface area (Å²) in [6, 6.07) is 4.41. The van der Waals surface area contributed by atoms with Crippen LogP contribution in [0.15, 0.2) is 22.7 Å². The number of nitrogens with zero attached hydrogens (tertiary/aromatic N) is 2. The van der Waals surface area contributed by atoms with Crippen LogP contribution in [0.25, 0.3) is 0 Å². The van der Waals surface area contributed by atoms with E-state index in [4.69, 9.17) is 4.74 Å². The molecule has 1 aromatic heterocycles. The summed E-state index contributed by atoms with van der Waals surface area (Å²) in [5, 5.41) is 7.00. The Labute approximate surface area is 136 Å². The molecule has 1 aromatic carbocycles. The number of hydrogen-bond acceptors (Lipinski definition) is 3. The van der Waals surface area contributed by atoms with Crippen molar-refractivity contribution in [3.63, 3.8) is 0 Å². The van der Waals surface area contributed by atoms with Crippen LogP contribution in [0.5, 0.6) is 5.75 Å².